The Hall–Kier alpha value is -2.05. The first-order valence-corrected chi connectivity index (χ1v) is 9.58. The number of amides is 1. The molecule has 2 heterocycles. The molecule has 0 bridgehead atoms. The minimum atomic E-state index is -0.210. The van der Waals surface area contributed by atoms with E-state index >= 15 is 0 Å². The highest BCUT2D eigenvalue weighted by atomic mass is 79.9. The van der Waals surface area contributed by atoms with Gasteiger partial charge in [0.2, 0.25) is 0 Å². The lowest BCUT2D eigenvalue weighted by atomic mass is 10.1. The van der Waals surface area contributed by atoms with Crippen molar-refractivity contribution in [2.24, 2.45) is 0 Å². The number of nitrogens with one attached hydrogen (secondary N) is 1. The molecule has 1 unspecified atom stereocenters. The molecule has 1 N–H and O–H groups in total. The summed E-state index contributed by atoms with van der Waals surface area (Å²) in [7, 11) is 0. The van der Waals surface area contributed by atoms with Crippen molar-refractivity contribution in [1.29, 1.82) is 0 Å². The van der Waals surface area contributed by atoms with E-state index in [0.717, 1.165) is 34.3 Å². The number of hydrogen-bond donors (Lipinski definition) is 1. The van der Waals surface area contributed by atoms with Gasteiger partial charge in [0.25, 0.3) is 5.91 Å². The standard InChI is InChI=1S/C20H23BrN2O3/c1-4-23(5-2)16(18-7-6-10-25-18)12-22-20(24)19-13(3)15-11-14(21)8-9-17(15)26-19/h6-11,16H,4-5,12H2,1-3H3,(H,22,24). The normalized spacial score (nSPS) is 12.7. The van der Waals surface area contributed by atoms with E-state index in [1.807, 2.05) is 37.3 Å². The summed E-state index contributed by atoms with van der Waals surface area (Å²) in [5.41, 5.74) is 1.55. The maximum atomic E-state index is 12.7. The molecule has 0 aliphatic rings. The maximum absolute atomic E-state index is 12.7. The molecule has 0 saturated heterocycles. The van der Waals surface area contributed by atoms with Crippen LogP contribution in [0.1, 0.15) is 41.8 Å². The van der Waals surface area contributed by atoms with Gasteiger partial charge in [0.1, 0.15) is 11.3 Å². The lowest BCUT2D eigenvalue weighted by Crippen LogP contribution is -2.38. The van der Waals surface area contributed by atoms with Crippen LogP contribution in [-0.2, 0) is 0 Å². The van der Waals surface area contributed by atoms with Crippen LogP contribution < -0.4 is 5.32 Å². The van der Waals surface area contributed by atoms with Crippen molar-refractivity contribution in [3.63, 3.8) is 0 Å². The number of carbonyl (C=O) groups excluding carboxylic acids is 1. The average Bonchev–Trinajstić information content (AvgIpc) is 3.27. The maximum Gasteiger partial charge on any atom is 0.287 e. The monoisotopic (exact) mass is 418 g/mol. The first kappa shape index (κ1) is 18.7. The van der Waals surface area contributed by atoms with Crippen LogP contribution in [0.3, 0.4) is 0 Å². The highest BCUT2D eigenvalue weighted by molar-refractivity contribution is 9.10. The van der Waals surface area contributed by atoms with Crippen LogP contribution >= 0.6 is 15.9 Å². The molecule has 0 radical (unpaired) electrons. The van der Waals surface area contributed by atoms with Crippen LogP contribution in [0, 0.1) is 6.92 Å². The van der Waals surface area contributed by atoms with E-state index in [0.29, 0.717) is 17.9 Å². The van der Waals surface area contributed by atoms with Crippen LogP contribution in [0.15, 0.2) is 49.9 Å². The summed E-state index contributed by atoms with van der Waals surface area (Å²) in [5, 5.41) is 3.95. The summed E-state index contributed by atoms with van der Waals surface area (Å²) in [6, 6.07) is 9.54. The number of halogens is 1. The summed E-state index contributed by atoms with van der Waals surface area (Å²) in [5.74, 6) is 0.994. The third-order valence-corrected chi connectivity index (χ3v) is 5.18. The lowest BCUT2D eigenvalue weighted by molar-refractivity contribution is 0.0903. The van der Waals surface area contributed by atoms with Gasteiger partial charge in [0.05, 0.1) is 12.3 Å². The Bertz CT molecular complexity index is 882. The molecule has 138 valence electrons. The number of fused-ring (bicyclic) bond motifs is 1. The van der Waals surface area contributed by atoms with Gasteiger partial charge < -0.3 is 14.2 Å². The van der Waals surface area contributed by atoms with Gasteiger partial charge in [-0.25, -0.2) is 0 Å². The number of likely N-dealkylation sites (N-methyl/N-ethyl adjacent to an activating group) is 1. The molecule has 1 aromatic carbocycles. The number of aryl methyl sites for hydroxylation is 1. The molecule has 1 atom stereocenters. The van der Waals surface area contributed by atoms with Crippen molar-refractivity contribution in [2.75, 3.05) is 19.6 Å². The fraction of sp³-hybridized carbons (Fsp3) is 0.350. The Morgan fingerprint density at radius 3 is 2.69 bits per heavy atom. The van der Waals surface area contributed by atoms with Gasteiger partial charge in [-0.05, 0) is 50.3 Å². The van der Waals surface area contributed by atoms with Crippen molar-refractivity contribution in [3.8, 4) is 0 Å². The minimum absolute atomic E-state index is 0.0113. The second-order valence-corrected chi connectivity index (χ2v) is 7.07. The third kappa shape index (κ3) is 3.71. The predicted molar refractivity (Wildman–Crippen MR) is 105 cm³/mol. The summed E-state index contributed by atoms with van der Waals surface area (Å²) in [6.07, 6.45) is 1.66. The fourth-order valence-corrected chi connectivity index (χ4v) is 3.60. The molecule has 3 aromatic rings. The van der Waals surface area contributed by atoms with E-state index in [1.54, 1.807) is 6.26 Å². The molecule has 0 spiro atoms. The van der Waals surface area contributed by atoms with Crippen molar-refractivity contribution in [2.45, 2.75) is 26.8 Å². The Labute approximate surface area is 161 Å². The molecule has 1 amide bonds. The van der Waals surface area contributed by atoms with Gasteiger partial charge in [-0.1, -0.05) is 29.8 Å². The van der Waals surface area contributed by atoms with Crippen LogP contribution in [0.25, 0.3) is 11.0 Å². The summed E-state index contributed by atoms with van der Waals surface area (Å²) in [4.78, 5) is 15.0. The van der Waals surface area contributed by atoms with Crippen molar-refractivity contribution >= 4 is 32.8 Å². The number of hydrogen-bond acceptors (Lipinski definition) is 4. The zero-order chi connectivity index (χ0) is 18.7. The Balaban J connectivity index is 1.79. The van der Waals surface area contributed by atoms with E-state index in [1.165, 1.54) is 0 Å². The summed E-state index contributed by atoms with van der Waals surface area (Å²) >= 11 is 3.46. The van der Waals surface area contributed by atoms with Gasteiger partial charge in [-0.2, -0.15) is 0 Å². The van der Waals surface area contributed by atoms with Crippen molar-refractivity contribution < 1.29 is 13.6 Å². The van der Waals surface area contributed by atoms with Crippen molar-refractivity contribution in [1.82, 2.24) is 10.2 Å². The second kappa shape index (κ2) is 8.10. The SMILES string of the molecule is CCN(CC)C(CNC(=O)c1oc2ccc(Br)cc2c1C)c1ccco1. The Kier molecular flexibility index (Phi) is 5.84. The van der Waals surface area contributed by atoms with Gasteiger partial charge >= 0.3 is 0 Å². The smallest absolute Gasteiger partial charge is 0.287 e. The highest BCUT2D eigenvalue weighted by Crippen LogP contribution is 2.28. The number of rotatable bonds is 7. The molecule has 3 rings (SSSR count). The van der Waals surface area contributed by atoms with E-state index in [-0.39, 0.29) is 11.9 Å². The molecule has 26 heavy (non-hydrogen) atoms. The largest absolute Gasteiger partial charge is 0.468 e. The van der Waals surface area contributed by atoms with Gasteiger partial charge in [0, 0.05) is 22.0 Å². The van der Waals surface area contributed by atoms with Gasteiger partial charge in [-0.3, -0.25) is 9.69 Å². The molecule has 6 heteroatoms. The fourth-order valence-electron chi connectivity index (χ4n) is 3.23. The summed E-state index contributed by atoms with van der Waals surface area (Å²) < 4.78 is 12.3. The minimum Gasteiger partial charge on any atom is -0.468 e. The van der Waals surface area contributed by atoms with Crippen LogP contribution in [0.4, 0.5) is 0 Å². The zero-order valence-electron chi connectivity index (χ0n) is 15.2. The third-order valence-electron chi connectivity index (χ3n) is 4.69. The lowest BCUT2D eigenvalue weighted by Gasteiger charge is -2.28. The number of carbonyl (C=O) groups is 1. The topological polar surface area (TPSA) is 58.6 Å². The highest BCUT2D eigenvalue weighted by Gasteiger charge is 2.23. The average molecular weight is 419 g/mol. The molecule has 2 aromatic heterocycles. The first-order chi connectivity index (χ1) is 12.5. The van der Waals surface area contributed by atoms with E-state index in [4.69, 9.17) is 8.83 Å². The molecule has 0 saturated carbocycles. The van der Waals surface area contributed by atoms with Crippen LogP contribution in [0.5, 0.6) is 0 Å². The van der Waals surface area contributed by atoms with Gasteiger partial charge in [0.15, 0.2) is 5.76 Å². The predicted octanol–water partition coefficient (Wildman–Crippen LogP) is 4.91. The quantitative estimate of drug-likeness (QED) is 0.591. The van der Waals surface area contributed by atoms with E-state index in [2.05, 4.69) is 40.0 Å². The second-order valence-electron chi connectivity index (χ2n) is 6.16. The molecular weight excluding hydrogens is 396 g/mol. The molecule has 0 fully saturated rings. The Morgan fingerprint density at radius 2 is 2.04 bits per heavy atom. The van der Waals surface area contributed by atoms with E-state index < -0.39 is 0 Å². The van der Waals surface area contributed by atoms with Crippen LogP contribution in [-0.4, -0.2) is 30.4 Å². The molecular formula is C20H23BrN2O3. The van der Waals surface area contributed by atoms with Crippen molar-refractivity contribution in [3.05, 3.63) is 58.2 Å². The zero-order valence-corrected chi connectivity index (χ0v) is 16.8. The molecule has 0 aliphatic heterocycles. The van der Waals surface area contributed by atoms with E-state index in [9.17, 15) is 4.79 Å². The van der Waals surface area contributed by atoms with Gasteiger partial charge in [-0.15, -0.1) is 0 Å². The molecule has 0 aliphatic carbocycles. The number of furan rings is 2. The number of benzene rings is 1. The van der Waals surface area contributed by atoms with Crippen LogP contribution in [0.2, 0.25) is 0 Å². The Morgan fingerprint density at radius 1 is 1.27 bits per heavy atom. The molecule has 5 nitrogen and oxygen atoms in total. The summed E-state index contributed by atoms with van der Waals surface area (Å²) in [6.45, 7) is 8.30. The number of nitrogens with zero attached hydrogens (tertiary/aromatic N) is 1. The first-order valence-electron chi connectivity index (χ1n) is 8.79.